The van der Waals surface area contributed by atoms with E-state index in [1.54, 1.807) is 6.92 Å². The van der Waals surface area contributed by atoms with Crippen molar-refractivity contribution in [2.24, 2.45) is 11.8 Å². The third-order valence-corrected chi connectivity index (χ3v) is 7.47. The number of anilines is 1. The molecule has 0 unspecified atom stereocenters. The van der Waals surface area contributed by atoms with Gasteiger partial charge in [0.15, 0.2) is 0 Å². The number of rotatable bonds is 7. The van der Waals surface area contributed by atoms with Crippen molar-refractivity contribution in [3.63, 3.8) is 0 Å². The van der Waals surface area contributed by atoms with Crippen molar-refractivity contribution >= 4 is 34.2 Å². The van der Waals surface area contributed by atoms with Gasteiger partial charge >= 0.3 is 11.9 Å². The Morgan fingerprint density at radius 1 is 1.13 bits per heavy atom. The molecule has 172 valence electrons. The Labute approximate surface area is 188 Å². The van der Waals surface area contributed by atoms with Gasteiger partial charge in [-0.2, -0.15) is 0 Å². The molecule has 2 heterocycles. The minimum atomic E-state index is -0.354. The van der Waals surface area contributed by atoms with Gasteiger partial charge in [-0.05, 0) is 77.4 Å². The molecule has 31 heavy (non-hydrogen) atoms. The number of thiophene rings is 1. The highest BCUT2D eigenvalue weighted by molar-refractivity contribution is 7.17. The summed E-state index contributed by atoms with van der Waals surface area (Å²) in [6, 6.07) is -0.351. The minimum Gasteiger partial charge on any atom is -0.466 e. The van der Waals surface area contributed by atoms with E-state index in [4.69, 9.17) is 9.47 Å². The number of amides is 1. The second-order valence-electron chi connectivity index (χ2n) is 8.50. The maximum absolute atomic E-state index is 13.0. The van der Waals surface area contributed by atoms with Crippen molar-refractivity contribution in [3.05, 3.63) is 16.0 Å². The van der Waals surface area contributed by atoms with Crippen LogP contribution < -0.4 is 5.32 Å². The molecule has 1 saturated heterocycles. The first-order chi connectivity index (χ1) is 14.8. The number of esters is 2. The summed E-state index contributed by atoms with van der Waals surface area (Å²) < 4.78 is 10.4. The Hall–Kier alpha value is -1.93. The van der Waals surface area contributed by atoms with Crippen molar-refractivity contribution in [3.8, 4) is 0 Å². The number of carbonyl (C=O) groups excluding carboxylic acids is 3. The largest absolute Gasteiger partial charge is 0.466 e. The van der Waals surface area contributed by atoms with Crippen LogP contribution in [0.4, 0.5) is 5.00 Å². The molecule has 0 spiro atoms. The zero-order valence-electron chi connectivity index (χ0n) is 19.0. The number of nitrogens with one attached hydrogen (secondary N) is 1. The molecule has 1 aromatic heterocycles. The van der Waals surface area contributed by atoms with Gasteiger partial charge in [0.25, 0.3) is 0 Å². The molecule has 1 fully saturated rings. The molecular formula is C23H34N2O5S. The topological polar surface area (TPSA) is 84.9 Å². The quantitative estimate of drug-likeness (QED) is 0.639. The highest BCUT2D eigenvalue weighted by Crippen LogP contribution is 2.40. The standard InChI is InChI=1S/C23H34N2O5S/c1-5-29-22(27)16-9-11-25(12-10-16)15(4)20(26)24-21-19(23(28)30-6-2)17-8-7-14(3)13-18(17)31-21/h14-16H,5-13H2,1-4H3,(H,24,26)/t14-,15-/m0/s1. The summed E-state index contributed by atoms with van der Waals surface area (Å²) in [7, 11) is 0. The van der Waals surface area contributed by atoms with Crippen LogP contribution in [0.15, 0.2) is 0 Å². The molecule has 1 amide bonds. The van der Waals surface area contributed by atoms with Gasteiger partial charge in [0.2, 0.25) is 5.91 Å². The summed E-state index contributed by atoms with van der Waals surface area (Å²) in [5.74, 6) is -0.145. The summed E-state index contributed by atoms with van der Waals surface area (Å²) in [4.78, 5) is 40.9. The van der Waals surface area contributed by atoms with Gasteiger partial charge in [-0.1, -0.05) is 6.92 Å². The van der Waals surface area contributed by atoms with E-state index in [-0.39, 0.29) is 29.8 Å². The average molecular weight is 451 g/mol. The fourth-order valence-corrected chi connectivity index (χ4v) is 5.82. The van der Waals surface area contributed by atoms with Crippen molar-refractivity contribution in [1.82, 2.24) is 4.90 Å². The summed E-state index contributed by atoms with van der Waals surface area (Å²) in [6.45, 7) is 9.73. The Morgan fingerprint density at radius 3 is 2.45 bits per heavy atom. The summed E-state index contributed by atoms with van der Waals surface area (Å²) in [5, 5.41) is 3.63. The van der Waals surface area contributed by atoms with E-state index < -0.39 is 0 Å². The Morgan fingerprint density at radius 2 is 1.81 bits per heavy atom. The lowest BCUT2D eigenvalue weighted by Gasteiger charge is -2.34. The van der Waals surface area contributed by atoms with Gasteiger partial charge in [0, 0.05) is 4.88 Å². The molecule has 0 bridgehead atoms. The summed E-state index contributed by atoms with van der Waals surface area (Å²) >= 11 is 1.51. The lowest BCUT2D eigenvalue weighted by atomic mass is 9.88. The third kappa shape index (κ3) is 5.47. The van der Waals surface area contributed by atoms with E-state index in [1.807, 2.05) is 13.8 Å². The molecule has 1 aliphatic heterocycles. The Balaban J connectivity index is 1.68. The van der Waals surface area contributed by atoms with Gasteiger partial charge in [-0.15, -0.1) is 11.3 Å². The molecule has 0 radical (unpaired) electrons. The lowest BCUT2D eigenvalue weighted by molar-refractivity contribution is -0.149. The second kappa shape index (κ2) is 10.6. The maximum Gasteiger partial charge on any atom is 0.341 e. The van der Waals surface area contributed by atoms with Gasteiger partial charge in [-0.3, -0.25) is 14.5 Å². The molecular weight excluding hydrogens is 416 g/mol. The van der Waals surface area contributed by atoms with Crippen LogP contribution in [-0.2, 0) is 31.9 Å². The molecule has 0 aromatic carbocycles. The fourth-order valence-electron chi connectivity index (χ4n) is 4.42. The number of likely N-dealkylation sites (tertiary alicyclic amines) is 1. The van der Waals surface area contributed by atoms with Gasteiger partial charge in [0.05, 0.1) is 30.7 Å². The first-order valence-electron chi connectivity index (χ1n) is 11.4. The van der Waals surface area contributed by atoms with Gasteiger partial charge in [-0.25, -0.2) is 4.79 Å². The molecule has 1 N–H and O–H groups in total. The molecule has 1 aliphatic carbocycles. The van der Waals surface area contributed by atoms with E-state index >= 15 is 0 Å². The third-order valence-electron chi connectivity index (χ3n) is 6.30. The van der Waals surface area contributed by atoms with Crippen LogP contribution in [0.3, 0.4) is 0 Å². The van der Waals surface area contributed by atoms with Crippen molar-refractivity contribution in [2.75, 3.05) is 31.6 Å². The smallest absolute Gasteiger partial charge is 0.341 e. The average Bonchev–Trinajstić information content (AvgIpc) is 3.10. The van der Waals surface area contributed by atoms with Gasteiger partial charge in [0.1, 0.15) is 5.00 Å². The van der Waals surface area contributed by atoms with E-state index in [0.29, 0.717) is 55.6 Å². The minimum absolute atomic E-state index is 0.0899. The van der Waals surface area contributed by atoms with Crippen LogP contribution in [-0.4, -0.2) is 55.1 Å². The second-order valence-corrected chi connectivity index (χ2v) is 9.61. The zero-order chi connectivity index (χ0) is 22.5. The predicted molar refractivity (Wildman–Crippen MR) is 120 cm³/mol. The normalized spacial score (nSPS) is 20.6. The molecule has 1 aromatic rings. The van der Waals surface area contributed by atoms with E-state index in [1.165, 1.54) is 16.2 Å². The molecule has 8 heteroatoms. The molecule has 0 saturated carbocycles. The van der Waals surface area contributed by atoms with Crippen LogP contribution in [0.25, 0.3) is 0 Å². The summed E-state index contributed by atoms with van der Waals surface area (Å²) in [6.07, 6.45) is 4.19. The molecule has 3 rings (SSSR count). The Bertz CT molecular complexity index is 813. The first-order valence-corrected chi connectivity index (χ1v) is 12.2. The summed E-state index contributed by atoms with van der Waals surface area (Å²) in [5.41, 5.74) is 1.58. The highest BCUT2D eigenvalue weighted by Gasteiger charge is 2.33. The number of fused-ring (bicyclic) bond motifs is 1. The lowest BCUT2D eigenvalue weighted by Crippen LogP contribution is -2.47. The number of piperidine rings is 1. The van der Waals surface area contributed by atoms with Crippen LogP contribution in [0, 0.1) is 11.8 Å². The van der Waals surface area contributed by atoms with Crippen molar-refractivity contribution < 1.29 is 23.9 Å². The number of hydrogen-bond acceptors (Lipinski definition) is 7. The van der Waals surface area contributed by atoms with Crippen LogP contribution in [0.1, 0.15) is 67.8 Å². The van der Waals surface area contributed by atoms with E-state index in [0.717, 1.165) is 24.8 Å². The predicted octanol–water partition coefficient (Wildman–Crippen LogP) is 3.65. The number of nitrogens with zero attached hydrogens (tertiary/aromatic N) is 1. The molecule has 2 atom stereocenters. The van der Waals surface area contributed by atoms with Crippen LogP contribution in [0.5, 0.6) is 0 Å². The number of carbonyl (C=O) groups is 3. The van der Waals surface area contributed by atoms with Gasteiger partial charge < -0.3 is 14.8 Å². The van der Waals surface area contributed by atoms with Crippen LogP contribution >= 0.6 is 11.3 Å². The van der Waals surface area contributed by atoms with Crippen molar-refractivity contribution in [1.29, 1.82) is 0 Å². The molecule has 2 aliphatic rings. The van der Waals surface area contributed by atoms with E-state index in [9.17, 15) is 14.4 Å². The SMILES string of the molecule is CCOC(=O)c1c(NC(=O)[C@H](C)N2CCC(C(=O)OCC)CC2)sc2c1CC[C@H](C)C2. The number of hydrogen-bond donors (Lipinski definition) is 1. The number of ether oxygens (including phenoxy) is 2. The maximum atomic E-state index is 13.0. The first kappa shape index (κ1) is 23.7. The molecule has 7 nitrogen and oxygen atoms in total. The monoisotopic (exact) mass is 450 g/mol. The van der Waals surface area contributed by atoms with Crippen LogP contribution in [0.2, 0.25) is 0 Å². The highest BCUT2D eigenvalue weighted by atomic mass is 32.1. The Kier molecular flexibility index (Phi) is 8.11. The fraction of sp³-hybridized carbons (Fsp3) is 0.696. The zero-order valence-corrected chi connectivity index (χ0v) is 19.8. The van der Waals surface area contributed by atoms with E-state index in [2.05, 4.69) is 17.1 Å². The van der Waals surface area contributed by atoms with Crippen molar-refractivity contribution in [2.45, 2.75) is 65.8 Å².